The van der Waals surface area contributed by atoms with Gasteiger partial charge in [-0.15, -0.1) is 0 Å². The molecule has 0 fully saturated rings. The first-order valence-electron chi connectivity index (χ1n) is 9.91. The van der Waals surface area contributed by atoms with Crippen LogP contribution in [0.15, 0.2) is 67.0 Å². The van der Waals surface area contributed by atoms with Gasteiger partial charge in [-0.25, -0.2) is 0 Å². The molecule has 5 nitrogen and oxygen atoms in total. The highest BCUT2D eigenvalue weighted by atomic mass is 16.5. The highest BCUT2D eigenvalue weighted by Crippen LogP contribution is 2.27. The molecule has 0 aliphatic carbocycles. The Bertz CT molecular complexity index is 1100. The summed E-state index contributed by atoms with van der Waals surface area (Å²) >= 11 is 0. The Morgan fingerprint density at radius 2 is 1.86 bits per heavy atom. The summed E-state index contributed by atoms with van der Waals surface area (Å²) in [7, 11) is 1.96. The zero-order chi connectivity index (χ0) is 20.2. The van der Waals surface area contributed by atoms with Crippen molar-refractivity contribution < 1.29 is 4.74 Å². The highest BCUT2D eigenvalue weighted by molar-refractivity contribution is 5.87. The molecule has 2 heterocycles. The third-order valence-corrected chi connectivity index (χ3v) is 5.19. The molecule has 0 saturated carbocycles. The maximum Gasteiger partial charge on any atom is 0.138 e. The van der Waals surface area contributed by atoms with Gasteiger partial charge >= 0.3 is 0 Å². The molecule has 0 bridgehead atoms. The van der Waals surface area contributed by atoms with Gasteiger partial charge in [0.25, 0.3) is 0 Å². The van der Waals surface area contributed by atoms with E-state index in [1.165, 1.54) is 5.56 Å². The van der Waals surface area contributed by atoms with E-state index in [0.29, 0.717) is 6.61 Å². The van der Waals surface area contributed by atoms with E-state index in [0.717, 1.165) is 46.3 Å². The molecule has 0 amide bonds. The van der Waals surface area contributed by atoms with Gasteiger partial charge in [0, 0.05) is 30.2 Å². The number of nitrogens with zero attached hydrogens (tertiary/aromatic N) is 3. The molecule has 1 atom stereocenters. The highest BCUT2D eigenvalue weighted by Gasteiger charge is 2.09. The predicted molar refractivity (Wildman–Crippen MR) is 117 cm³/mol. The van der Waals surface area contributed by atoms with E-state index in [2.05, 4.69) is 52.5 Å². The maximum atomic E-state index is 6.25. The molecule has 2 aromatic heterocycles. The Balaban J connectivity index is 1.41. The summed E-state index contributed by atoms with van der Waals surface area (Å²) < 4.78 is 7.84. The van der Waals surface area contributed by atoms with Crippen LogP contribution in [0.1, 0.15) is 17.7 Å². The number of nitrogens with two attached hydrogens (primary N) is 1. The van der Waals surface area contributed by atoms with Crippen LogP contribution < -0.4 is 10.5 Å². The third kappa shape index (κ3) is 4.46. The molecule has 148 valence electrons. The second-order valence-corrected chi connectivity index (χ2v) is 7.45. The van der Waals surface area contributed by atoms with Crippen molar-refractivity contribution in [1.29, 1.82) is 0 Å². The summed E-state index contributed by atoms with van der Waals surface area (Å²) in [5.41, 5.74) is 11.8. The third-order valence-electron chi connectivity index (χ3n) is 5.19. The van der Waals surface area contributed by atoms with Crippen LogP contribution >= 0.6 is 0 Å². The molecule has 0 aliphatic heterocycles. The van der Waals surface area contributed by atoms with E-state index in [9.17, 15) is 0 Å². The average Bonchev–Trinajstić information content (AvgIpc) is 3.05. The lowest BCUT2D eigenvalue weighted by Gasteiger charge is -2.14. The number of rotatable bonds is 7. The number of aromatic nitrogens is 3. The van der Waals surface area contributed by atoms with Crippen LogP contribution in [0.3, 0.4) is 0 Å². The molecule has 0 spiro atoms. The molecule has 0 radical (unpaired) electrons. The van der Waals surface area contributed by atoms with Crippen LogP contribution in [-0.2, 0) is 13.5 Å². The quantitative estimate of drug-likeness (QED) is 0.515. The molecular formula is C24H26N4O. The van der Waals surface area contributed by atoms with Crippen molar-refractivity contribution in [3.05, 3.63) is 78.2 Å². The van der Waals surface area contributed by atoms with E-state index >= 15 is 0 Å². The first-order chi connectivity index (χ1) is 14.1. The summed E-state index contributed by atoms with van der Waals surface area (Å²) in [6, 6.07) is 18.7. The van der Waals surface area contributed by atoms with E-state index in [1.807, 2.05) is 37.0 Å². The monoisotopic (exact) mass is 386 g/mol. The largest absolute Gasteiger partial charge is 0.490 e. The number of aryl methyl sites for hydroxylation is 3. The summed E-state index contributed by atoms with van der Waals surface area (Å²) in [5, 5.41) is 5.65. The van der Waals surface area contributed by atoms with Crippen molar-refractivity contribution >= 4 is 10.9 Å². The van der Waals surface area contributed by atoms with Gasteiger partial charge < -0.3 is 10.5 Å². The predicted octanol–water partition coefficient (Wildman–Crippen LogP) is 4.28. The Hall–Kier alpha value is -3.18. The minimum atomic E-state index is -0.0201. The summed E-state index contributed by atoms with van der Waals surface area (Å²) in [6.45, 7) is 2.50. The number of benzene rings is 2. The van der Waals surface area contributed by atoms with E-state index in [4.69, 9.17) is 10.5 Å². The Kier molecular flexibility index (Phi) is 5.58. The minimum Gasteiger partial charge on any atom is -0.490 e. The Morgan fingerprint density at radius 1 is 1.03 bits per heavy atom. The summed E-state index contributed by atoms with van der Waals surface area (Å²) in [5.74, 6) is 0.737. The molecule has 2 aromatic carbocycles. The topological polar surface area (TPSA) is 66.0 Å². The van der Waals surface area contributed by atoms with Gasteiger partial charge in [0.15, 0.2) is 0 Å². The van der Waals surface area contributed by atoms with Crippen molar-refractivity contribution in [2.75, 3.05) is 6.61 Å². The van der Waals surface area contributed by atoms with Crippen LogP contribution in [0, 0.1) is 6.92 Å². The number of fused-ring (bicyclic) bond motifs is 1. The van der Waals surface area contributed by atoms with Gasteiger partial charge in [0.05, 0.1) is 17.4 Å². The number of hydrogen-bond acceptors (Lipinski definition) is 4. The van der Waals surface area contributed by atoms with E-state index in [-0.39, 0.29) is 6.04 Å². The van der Waals surface area contributed by atoms with Gasteiger partial charge in [-0.05, 0) is 49.1 Å². The van der Waals surface area contributed by atoms with E-state index < -0.39 is 0 Å². The van der Waals surface area contributed by atoms with Crippen molar-refractivity contribution in [2.24, 2.45) is 12.8 Å². The lowest BCUT2D eigenvalue weighted by atomic mass is 10.0. The number of hydrogen-bond donors (Lipinski definition) is 1. The standard InChI is InChI=1S/C24H26N4O/c1-17-23-13-19(9-11-24(23)28(2)27-17)20-12-22(15-26-14-20)29-16-21(25)10-8-18-6-4-3-5-7-18/h3-7,9,11-15,21H,8,10,16,25H2,1-2H3/t21-/m0/s1. The molecule has 5 heteroatoms. The zero-order valence-corrected chi connectivity index (χ0v) is 16.9. The van der Waals surface area contributed by atoms with Gasteiger partial charge in [0.1, 0.15) is 12.4 Å². The second-order valence-electron chi connectivity index (χ2n) is 7.45. The minimum absolute atomic E-state index is 0.0201. The number of ether oxygens (including phenoxy) is 1. The van der Waals surface area contributed by atoms with Gasteiger partial charge in [-0.3, -0.25) is 9.67 Å². The molecule has 4 aromatic rings. The molecular weight excluding hydrogens is 360 g/mol. The maximum absolute atomic E-state index is 6.25. The molecule has 0 saturated heterocycles. The number of pyridine rings is 1. The van der Waals surface area contributed by atoms with Crippen LogP contribution in [0.4, 0.5) is 0 Å². The molecule has 29 heavy (non-hydrogen) atoms. The fraction of sp³-hybridized carbons (Fsp3) is 0.250. The van der Waals surface area contributed by atoms with Crippen molar-refractivity contribution in [1.82, 2.24) is 14.8 Å². The van der Waals surface area contributed by atoms with Crippen molar-refractivity contribution in [3.63, 3.8) is 0 Å². The summed E-state index contributed by atoms with van der Waals surface area (Å²) in [6.07, 6.45) is 5.43. The second kappa shape index (κ2) is 8.45. The van der Waals surface area contributed by atoms with Gasteiger partial charge in [-0.1, -0.05) is 36.4 Å². The van der Waals surface area contributed by atoms with Crippen LogP contribution in [0.2, 0.25) is 0 Å². The lowest BCUT2D eigenvalue weighted by Crippen LogP contribution is -2.28. The van der Waals surface area contributed by atoms with Gasteiger partial charge in [-0.2, -0.15) is 5.10 Å². The zero-order valence-electron chi connectivity index (χ0n) is 16.9. The fourth-order valence-electron chi connectivity index (χ4n) is 3.56. The summed E-state index contributed by atoms with van der Waals surface area (Å²) in [4.78, 5) is 4.35. The van der Waals surface area contributed by atoms with Crippen molar-refractivity contribution in [2.45, 2.75) is 25.8 Å². The average molecular weight is 386 g/mol. The smallest absolute Gasteiger partial charge is 0.138 e. The lowest BCUT2D eigenvalue weighted by molar-refractivity contribution is 0.281. The van der Waals surface area contributed by atoms with Crippen LogP contribution in [-0.4, -0.2) is 27.4 Å². The normalized spacial score (nSPS) is 12.2. The Morgan fingerprint density at radius 3 is 2.69 bits per heavy atom. The Labute approximate surface area is 171 Å². The SMILES string of the molecule is Cc1nn(C)c2ccc(-c3cncc(OC[C@@H](N)CCc4ccccc4)c3)cc12. The first kappa shape index (κ1) is 19.2. The molecule has 2 N–H and O–H groups in total. The van der Waals surface area contributed by atoms with Gasteiger partial charge in [0.2, 0.25) is 0 Å². The van der Waals surface area contributed by atoms with Crippen LogP contribution in [0.5, 0.6) is 5.75 Å². The first-order valence-corrected chi connectivity index (χ1v) is 9.91. The van der Waals surface area contributed by atoms with Crippen LogP contribution in [0.25, 0.3) is 22.0 Å². The molecule has 0 unspecified atom stereocenters. The fourth-order valence-corrected chi connectivity index (χ4v) is 3.56. The van der Waals surface area contributed by atoms with E-state index in [1.54, 1.807) is 6.20 Å². The van der Waals surface area contributed by atoms with Crippen molar-refractivity contribution in [3.8, 4) is 16.9 Å². The molecule has 4 rings (SSSR count). The molecule has 0 aliphatic rings.